The molecule has 2 aromatic rings. The molecular formula is C25H22ClN3O2S. The summed E-state index contributed by atoms with van der Waals surface area (Å²) in [6.45, 7) is 1.93. The number of allylic oxidation sites excluding steroid dienone is 3. The molecule has 0 saturated carbocycles. The first kappa shape index (κ1) is 22.2. The zero-order chi connectivity index (χ0) is 22.7. The first-order valence-electron chi connectivity index (χ1n) is 10.4. The zero-order valence-electron chi connectivity index (χ0n) is 17.6. The smallest absolute Gasteiger partial charge is 0.234 e. The summed E-state index contributed by atoms with van der Waals surface area (Å²) < 4.78 is 0. The molecule has 1 aliphatic carbocycles. The number of nitrogens with zero attached hydrogens (tertiary/aromatic N) is 1. The Bertz CT molecular complexity index is 1200. The summed E-state index contributed by atoms with van der Waals surface area (Å²) in [5.74, 6) is -0.518. The maximum Gasteiger partial charge on any atom is 0.234 e. The number of rotatable bonds is 5. The van der Waals surface area contributed by atoms with Gasteiger partial charge in [-0.3, -0.25) is 9.59 Å². The highest BCUT2D eigenvalue weighted by atomic mass is 35.5. The zero-order valence-corrected chi connectivity index (χ0v) is 19.1. The molecule has 1 heterocycles. The Labute approximate surface area is 196 Å². The summed E-state index contributed by atoms with van der Waals surface area (Å²) in [6, 6.07) is 17.2. The van der Waals surface area contributed by atoms with Gasteiger partial charge in [-0.25, -0.2) is 0 Å². The van der Waals surface area contributed by atoms with Gasteiger partial charge in [0.05, 0.1) is 28.3 Å². The number of carbonyl (C=O) groups excluding carboxylic acids is 2. The molecule has 5 nitrogen and oxygen atoms in total. The van der Waals surface area contributed by atoms with E-state index < -0.39 is 5.92 Å². The average molecular weight is 464 g/mol. The number of para-hydroxylation sites is 1. The number of dihydropyridines is 1. The number of halogens is 1. The van der Waals surface area contributed by atoms with Crippen molar-refractivity contribution in [2.24, 2.45) is 0 Å². The molecule has 4 rings (SSSR count). The molecule has 2 aliphatic rings. The van der Waals surface area contributed by atoms with Crippen LogP contribution in [0.1, 0.15) is 36.3 Å². The fraction of sp³-hybridized carbons (Fsp3) is 0.240. The highest BCUT2D eigenvalue weighted by Gasteiger charge is 2.37. The Morgan fingerprint density at radius 2 is 1.97 bits per heavy atom. The Kier molecular flexibility index (Phi) is 6.69. The molecule has 0 radical (unpaired) electrons. The Hall–Kier alpha value is -3.01. The van der Waals surface area contributed by atoms with E-state index in [-0.39, 0.29) is 17.4 Å². The van der Waals surface area contributed by atoms with Crippen LogP contribution in [0.2, 0.25) is 5.02 Å². The summed E-state index contributed by atoms with van der Waals surface area (Å²) in [4.78, 5) is 25.4. The van der Waals surface area contributed by atoms with Crippen LogP contribution in [-0.2, 0) is 9.59 Å². The van der Waals surface area contributed by atoms with Crippen molar-refractivity contribution >= 4 is 40.7 Å². The first-order chi connectivity index (χ1) is 15.5. The Morgan fingerprint density at radius 3 is 2.72 bits per heavy atom. The number of aryl methyl sites for hydroxylation is 1. The number of thioether (sulfide) groups is 1. The van der Waals surface area contributed by atoms with E-state index in [9.17, 15) is 14.9 Å². The van der Waals surface area contributed by atoms with E-state index in [1.807, 2.05) is 49.4 Å². The second kappa shape index (κ2) is 9.64. The molecule has 0 aromatic heterocycles. The molecule has 0 fully saturated rings. The van der Waals surface area contributed by atoms with Crippen LogP contribution in [0.4, 0.5) is 5.69 Å². The molecule has 0 unspecified atom stereocenters. The third kappa shape index (κ3) is 4.45. The molecule has 162 valence electrons. The van der Waals surface area contributed by atoms with Crippen molar-refractivity contribution in [1.82, 2.24) is 5.32 Å². The SMILES string of the molecule is Cc1ccccc1NC(=O)CSC1=C(C#N)[C@H](c2ccccc2Cl)C2=C(CCCC2=O)N1. The van der Waals surface area contributed by atoms with E-state index in [4.69, 9.17) is 11.6 Å². The summed E-state index contributed by atoms with van der Waals surface area (Å²) in [7, 11) is 0. The number of benzene rings is 2. The molecule has 32 heavy (non-hydrogen) atoms. The highest BCUT2D eigenvalue weighted by molar-refractivity contribution is 8.03. The van der Waals surface area contributed by atoms with Crippen molar-refractivity contribution in [2.75, 3.05) is 11.1 Å². The standard InChI is InChI=1S/C25H22ClN3O2S/c1-15-7-2-5-10-19(15)28-22(31)14-32-25-17(13-27)23(16-8-3-4-9-18(16)26)24-20(29-25)11-6-12-21(24)30/h2-5,7-10,23,29H,6,11-12,14H2,1H3,(H,28,31)/t23-/m0/s1. The van der Waals surface area contributed by atoms with Crippen molar-refractivity contribution in [1.29, 1.82) is 5.26 Å². The highest BCUT2D eigenvalue weighted by Crippen LogP contribution is 2.45. The van der Waals surface area contributed by atoms with Gasteiger partial charge in [-0.1, -0.05) is 59.8 Å². The topological polar surface area (TPSA) is 82.0 Å². The lowest BCUT2D eigenvalue weighted by molar-refractivity contribution is -0.116. The van der Waals surface area contributed by atoms with Gasteiger partial charge >= 0.3 is 0 Å². The van der Waals surface area contributed by atoms with Crippen LogP contribution in [-0.4, -0.2) is 17.4 Å². The number of hydrogen-bond acceptors (Lipinski definition) is 5. The van der Waals surface area contributed by atoms with E-state index in [0.717, 1.165) is 35.4 Å². The molecule has 0 saturated heterocycles. The fourth-order valence-corrected chi connectivity index (χ4v) is 5.20. The Balaban J connectivity index is 1.64. The number of ketones is 1. The molecule has 7 heteroatoms. The minimum Gasteiger partial charge on any atom is -0.352 e. The van der Waals surface area contributed by atoms with Gasteiger partial charge in [-0.05, 0) is 43.0 Å². The number of carbonyl (C=O) groups is 2. The summed E-state index contributed by atoms with van der Waals surface area (Å²) >= 11 is 7.75. The molecule has 1 aliphatic heterocycles. The van der Waals surface area contributed by atoms with Crippen molar-refractivity contribution in [3.05, 3.63) is 86.6 Å². The van der Waals surface area contributed by atoms with Crippen molar-refractivity contribution < 1.29 is 9.59 Å². The molecule has 0 spiro atoms. The number of hydrogen-bond donors (Lipinski definition) is 2. The van der Waals surface area contributed by atoms with Gasteiger partial charge < -0.3 is 10.6 Å². The normalized spacial score (nSPS) is 18.0. The lowest BCUT2D eigenvalue weighted by Gasteiger charge is -2.33. The summed E-state index contributed by atoms with van der Waals surface area (Å²) in [6.07, 6.45) is 1.94. The van der Waals surface area contributed by atoms with Gasteiger partial charge in [0, 0.05) is 28.4 Å². The third-order valence-electron chi connectivity index (χ3n) is 5.65. The lowest BCUT2D eigenvalue weighted by atomic mass is 9.77. The van der Waals surface area contributed by atoms with E-state index in [1.54, 1.807) is 6.07 Å². The lowest BCUT2D eigenvalue weighted by Crippen LogP contribution is -2.32. The van der Waals surface area contributed by atoms with Gasteiger partial charge in [0.15, 0.2) is 5.78 Å². The second-order valence-electron chi connectivity index (χ2n) is 7.75. The van der Waals surface area contributed by atoms with Crippen LogP contribution < -0.4 is 10.6 Å². The van der Waals surface area contributed by atoms with E-state index in [0.29, 0.717) is 27.6 Å². The summed E-state index contributed by atoms with van der Waals surface area (Å²) in [5.41, 5.74) is 4.34. The fourth-order valence-electron chi connectivity index (χ4n) is 4.09. The molecule has 2 N–H and O–H groups in total. The molecule has 0 bridgehead atoms. The quantitative estimate of drug-likeness (QED) is 0.616. The van der Waals surface area contributed by atoms with Crippen molar-refractivity contribution in [3.63, 3.8) is 0 Å². The van der Waals surface area contributed by atoms with E-state index in [2.05, 4.69) is 16.7 Å². The van der Waals surface area contributed by atoms with Crippen LogP contribution >= 0.6 is 23.4 Å². The molecule has 2 aromatic carbocycles. The van der Waals surface area contributed by atoms with Crippen molar-refractivity contribution in [2.45, 2.75) is 32.1 Å². The van der Waals surface area contributed by atoms with E-state index >= 15 is 0 Å². The molecular weight excluding hydrogens is 442 g/mol. The number of anilines is 1. The van der Waals surface area contributed by atoms with Gasteiger partial charge in [0.25, 0.3) is 0 Å². The maximum absolute atomic E-state index is 12.8. The third-order valence-corrected chi connectivity index (χ3v) is 7.01. The van der Waals surface area contributed by atoms with Gasteiger partial charge in [0.2, 0.25) is 5.91 Å². The maximum atomic E-state index is 12.8. The van der Waals surface area contributed by atoms with E-state index in [1.165, 1.54) is 11.8 Å². The largest absolute Gasteiger partial charge is 0.352 e. The van der Waals surface area contributed by atoms with Crippen LogP contribution in [0, 0.1) is 18.3 Å². The van der Waals surface area contributed by atoms with Crippen LogP contribution in [0.25, 0.3) is 0 Å². The minimum absolute atomic E-state index is 0.0396. The van der Waals surface area contributed by atoms with Gasteiger partial charge in [0.1, 0.15) is 0 Å². The molecule has 1 atom stereocenters. The molecule has 1 amide bonds. The van der Waals surface area contributed by atoms with Gasteiger partial charge in [-0.2, -0.15) is 5.26 Å². The van der Waals surface area contributed by atoms with Gasteiger partial charge in [-0.15, -0.1) is 0 Å². The van der Waals surface area contributed by atoms with Crippen molar-refractivity contribution in [3.8, 4) is 6.07 Å². The second-order valence-corrected chi connectivity index (χ2v) is 9.15. The number of Topliss-reactive ketones (excluding diaryl/α,β-unsaturated/α-hetero) is 1. The number of nitrogens with one attached hydrogen (secondary N) is 2. The number of amides is 1. The minimum atomic E-state index is -0.528. The first-order valence-corrected chi connectivity index (χ1v) is 11.8. The monoisotopic (exact) mass is 463 g/mol. The van der Waals surface area contributed by atoms with Crippen LogP contribution in [0.5, 0.6) is 0 Å². The Morgan fingerprint density at radius 1 is 1.22 bits per heavy atom. The predicted octanol–water partition coefficient (Wildman–Crippen LogP) is 5.45. The van der Waals surface area contributed by atoms with Crippen LogP contribution in [0.3, 0.4) is 0 Å². The summed E-state index contributed by atoms with van der Waals surface area (Å²) in [5, 5.41) is 17.4. The number of nitriles is 1. The average Bonchev–Trinajstić information content (AvgIpc) is 2.79. The predicted molar refractivity (Wildman–Crippen MR) is 128 cm³/mol. The van der Waals surface area contributed by atoms with Crippen LogP contribution in [0.15, 0.2) is 70.4 Å².